The fourth-order valence-electron chi connectivity index (χ4n) is 0.884. The first kappa shape index (κ1) is 10.3. The molecule has 0 aliphatic rings. The van der Waals surface area contributed by atoms with E-state index >= 15 is 0 Å². The number of methoxy groups -OCH3 is 1. The number of ether oxygens (including phenoxy) is 1. The van der Waals surface area contributed by atoms with E-state index in [0.717, 1.165) is 0 Å². The van der Waals surface area contributed by atoms with Gasteiger partial charge in [-0.15, -0.1) is 0 Å². The van der Waals surface area contributed by atoms with Crippen molar-refractivity contribution in [3.8, 4) is 5.75 Å². The number of carbonyl (C=O) groups excluding carboxylic acids is 1. The van der Waals surface area contributed by atoms with Crippen LogP contribution < -0.4 is 10.1 Å². The Bertz CT molecular complexity index is 330. The van der Waals surface area contributed by atoms with Crippen molar-refractivity contribution in [2.24, 2.45) is 0 Å². The first-order valence-corrected chi connectivity index (χ1v) is 4.60. The lowest BCUT2D eigenvalue weighted by molar-refractivity contribution is 0.270. The van der Waals surface area contributed by atoms with E-state index in [2.05, 4.69) is 21.2 Å². The Hall–Kier alpha value is -0.740. The quantitative estimate of drug-likeness (QED) is 0.657. The highest BCUT2D eigenvalue weighted by molar-refractivity contribution is 9.18. The summed E-state index contributed by atoms with van der Waals surface area (Å²) < 4.78 is 5.01. The zero-order valence-corrected chi connectivity index (χ0v) is 9.15. The molecule has 0 atom stereocenters. The third kappa shape index (κ3) is 2.90. The van der Waals surface area contributed by atoms with Gasteiger partial charge in [-0.05, 0) is 18.2 Å². The molecule has 70 valence electrons. The Labute approximate surface area is 89.2 Å². The van der Waals surface area contributed by atoms with Crippen LogP contribution in [0.5, 0.6) is 5.75 Å². The van der Waals surface area contributed by atoms with Gasteiger partial charge in [-0.25, -0.2) is 0 Å². The van der Waals surface area contributed by atoms with E-state index in [-0.39, 0.29) is 4.82 Å². The Morgan fingerprint density at radius 1 is 1.62 bits per heavy atom. The summed E-state index contributed by atoms with van der Waals surface area (Å²) in [6.07, 6.45) is 0. The van der Waals surface area contributed by atoms with Crippen molar-refractivity contribution in [3.63, 3.8) is 0 Å². The maximum Gasteiger partial charge on any atom is 0.291 e. The third-order valence-corrected chi connectivity index (χ3v) is 1.83. The van der Waals surface area contributed by atoms with Crippen LogP contribution in [0.4, 0.5) is 10.5 Å². The molecule has 1 amide bonds. The molecule has 1 N–H and O–H groups in total. The monoisotopic (exact) mass is 263 g/mol. The number of halogens is 2. The van der Waals surface area contributed by atoms with Crippen LogP contribution in [-0.2, 0) is 0 Å². The molecular formula is C8H7BrClNO2. The smallest absolute Gasteiger partial charge is 0.291 e. The van der Waals surface area contributed by atoms with Gasteiger partial charge in [-0.2, -0.15) is 0 Å². The van der Waals surface area contributed by atoms with Gasteiger partial charge in [0.1, 0.15) is 5.75 Å². The van der Waals surface area contributed by atoms with Crippen molar-refractivity contribution in [3.05, 3.63) is 23.2 Å². The fourth-order valence-corrected chi connectivity index (χ4v) is 1.27. The summed E-state index contributed by atoms with van der Waals surface area (Å²) in [5, 5.41) is 3.07. The number of hydrogen-bond acceptors (Lipinski definition) is 2. The van der Waals surface area contributed by atoms with Gasteiger partial charge in [0.15, 0.2) is 0 Å². The Morgan fingerprint density at radius 2 is 2.31 bits per heavy atom. The topological polar surface area (TPSA) is 38.3 Å². The van der Waals surface area contributed by atoms with E-state index in [1.807, 2.05) is 0 Å². The summed E-state index contributed by atoms with van der Waals surface area (Å²) in [4.78, 5) is 10.4. The van der Waals surface area contributed by atoms with Crippen molar-refractivity contribution >= 4 is 38.0 Å². The van der Waals surface area contributed by atoms with Crippen LogP contribution in [0.15, 0.2) is 18.2 Å². The van der Waals surface area contributed by atoms with Crippen LogP contribution >= 0.6 is 27.5 Å². The highest BCUT2D eigenvalue weighted by Gasteiger charge is 2.05. The Balaban J connectivity index is 3.01. The van der Waals surface area contributed by atoms with Crippen LogP contribution in [0.2, 0.25) is 5.02 Å². The van der Waals surface area contributed by atoms with E-state index in [9.17, 15) is 4.79 Å². The lowest BCUT2D eigenvalue weighted by Crippen LogP contribution is -2.02. The number of carbonyl (C=O) groups is 1. The first-order valence-electron chi connectivity index (χ1n) is 3.43. The number of anilines is 1. The second-order valence-corrected chi connectivity index (χ2v) is 3.40. The molecule has 0 aromatic heterocycles. The second kappa shape index (κ2) is 4.48. The van der Waals surface area contributed by atoms with E-state index < -0.39 is 0 Å². The first-order chi connectivity index (χ1) is 6.13. The minimum atomic E-state index is -0.340. The molecule has 0 bridgehead atoms. The van der Waals surface area contributed by atoms with E-state index in [1.165, 1.54) is 7.11 Å². The van der Waals surface area contributed by atoms with Gasteiger partial charge in [-0.3, -0.25) is 4.79 Å². The van der Waals surface area contributed by atoms with Gasteiger partial charge in [-0.1, -0.05) is 11.6 Å². The van der Waals surface area contributed by atoms with Gasteiger partial charge in [0.2, 0.25) is 0 Å². The van der Waals surface area contributed by atoms with Gasteiger partial charge < -0.3 is 10.1 Å². The average Bonchev–Trinajstić information content (AvgIpc) is 2.03. The van der Waals surface area contributed by atoms with Crippen LogP contribution in [0.25, 0.3) is 0 Å². The summed E-state index contributed by atoms with van der Waals surface area (Å²) in [5.41, 5.74) is 0.539. The molecule has 0 aliphatic carbocycles. The minimum Gasteiger partial charge on any atom is -0.495 e. The molecule has 3 nitrogen and oxygen atoms in total. The van der Waals surface area contributed by atoms with Crippen LogP contribution in [0, 0.1) is 0 Å². The fraction of sp³-hybridized carbons (Fsp3) is 0.125. The molecule has 1 rings (SSSR count). The molecule has 1 aromatic carbocycles. The molecule has 1 aromatic rings. The van der Waals surface area contributed by atoms with Crippen molar-refractivity contribution in [1.29, 1.82) is 0 Å². The standard InChI is InChI=1S/C8H7BrClNO2/c1-13-7-3-2-5(10)4-6(7)11-8(9)12/h2-4H,1H3,(H,11,12). The normalized spacial score (nSPS) is 9.46. The SMILES string of the molecule is COc1ccc(Cl)cc1NC(=O)Br. The number of amides is 1. The largest absolute Gasteiger partial charge is 0.495 e. The summed E-state index contributed by atoms with van der Waals surface area (Å²) in [7, 11) is 1.52. The average molecular weight is 265 g/mol. The van der Waals surface area contributed by atoms with Gasteiger partial charge in [0, 0.05) is 21.0 Å². The summed E-state index contributed by atoms with van der Waals surface area (Å²) in [6, 6.07) is 4.98. The summed E-state index contributed by atoms with van der Waals surface area (Å²) in [6.45, 7) is 0. The zero-order valence-electron chi connectivity index (χ0n) is 6.80. The van der Waals surface area contributed by atoms with Crippen LogP contribution in [0.1, 0.15) is 0 Å². The number of benzene rings is 1. The molecule has 13 heavy (non-hydrogen) atoms. The molecule has 0 spiro atoms. The predicted octanol–water partition coefficient (Wildman–Crippen LogP) is 3.28. The number of hydrogen-bond donors (Lipinski definition) is 1. The lowest BCUT2D eigenvalue weighted by Gasteiger charge is -2.07. The molecule has 0 saturated carbocycles. The van der Waals surface area contributed by atoms with Crippen molar-refractivity contribution in [2.45, 2.75) is 0 Å². The highest BCUT2D eigenvalue weighted by Crippen LogP contribution is 2.27. The molecule has 0 unspecified atom stereocenters. The third-order valence-electron chi connectivity index (χ3n) is 1.39. The maximum atomic E-state index is 10.7. The lowest BCUT2D eigenvalue weighted by atomic mass is 10.3. The predicted molar refractivity (Wildman–Crippen MR) is 55.9 cm³/mol. The van der Waals surface area contributed by atoms with Crippen LogP contribution in [-0.4, -0.2) is 11.9 Å². The molecule has 0 saturated heterocycles. The second-order valence-electron chi connectivity index (χ2n) is 2.24. The molecule has 5 heteroatoms. The van der Waals surface area contributed by atoms with Crippen molar-refractivity contribution in [1.82, 2.24) is 0 Å². The zero-order chi connectivity index (χ0) is 9.84. The van der Waals surface area contributed by atoms with E-state index in [4.69, 9.17) is 16.3 Å². The summed E-state index contributed by atoms with van der Waals surface area (Å²) in [5.74, 6) is 0.567. The van der Waals surface area contributed by atoms with E-state index in [0.29, 0.717) is 16.5 Å². The highest BCUT2D eigenvalue weighted by atomic mass is 79.9. The van der Waals surface area contributed by atoms with Crippen molar-refractivity contribution < 1.29 is 9.53 Å². The molecule has 0 heterocycles. The molecule has 0 fully saturated rings. The molecule has 0 radical (unpaired) electrons. The summed E-state index contributed by atoms with van der Waals surface area (Å²) >= 11 is 8.49. The number of nitrogens with one attached hydrogen (secondary N) is 1. The maximum absolute atomic E-state index is 10.7. The molecule has 0 aliphatic heterocycles. The van der Waals surface area contributed by atoms with Gasteiger partial charge >= 0.3 is 0 Å². The van der Waals surface area contributed by atoms with Crippen LogP contribution in [0.3, 0.4) is 0 Å². The van der Waals surface area contributed by atoms with Gasteiger partial charge in [0.05, 0.1) is 12.8 Å². The molecular weight excluding hydrogens is 257 g/mol. The number of rotatable bonds is 2. The Kier molecular flexibility index (Phi) is 3.57. The van der Waals surface area contributed by atoms with Gasteiger partial charge in [0.25, 0.3) is 4.82 Å². The Morgan fingerprint density at radius 3 is 2.85 bits per heavy atom. The van der Waals surface area contributed by atoms with E-state index in [1.54, 1.807) is 18.2 Å². The minimum absolute atomic E-state index is 0.340. The van der Waals surface area contributed by atoms with Crippen molar-refractivity contribution in [2.75, 3.05) is 12.4 Å².